The molecule has 0 spiro atoms. The molecule has 0 aromatic rings. The average molecular weight is 261 g/mol. The molecule has 0 aromatic carbocycles. The first-order chi connectivity index (χ1) is 8.10. The van der Waals surface area contributed by atoms with Crippen LogP contribution in [0, 0.1) is 5.92 Å². The molecule has 0 aliphatic carbocycles. The van der Waals surface area contributed by atoms with Crippen molar-refractivity contribution in [2.24, 2.45) is 5.92 Å². The van der Waals surface area contributed by atoms with Crippen LogP contribution in [0.1, 0.15) is 26.2 Å². The fraction of sp³-hybridized carbons (Fsp3) is 0.833. The van der Waals surface area contributed by atoms with Crippen LogP contribution in [0.2, 0.25) is 0 Å². The summed E-state index contributed by atoms with van der Waals surface area (Å²) in [7, 11) is -3.01. The fourth-order valence-electron chi connectivity index (χ4n) is 2.06. The predicted octanol–water partition coefficient (Wildman–Crippen LogP) is 1.64. The summed E-state index contributed by atoms with van der Waals surface area (Å²) in [6, 6.07) is 0. The van der Waals surface area contributed by atoms with Crippen LogP contribution in [-0.2, 0) is 14.8 Å². The normalized spacial score (nSPS) is 19.4. The first-order valence-corrected chi connectivity index (χ1v) is 7.87. The van der Waals surface area contributed by atoms with Crippen molar-refractivity contribution in [2.75, 3.05) is 32.1 Å². The van der Waals surface area contributed by atoms with Gasteiger partial charge in [-0.05, 0) is 25.2 Å². The zero-order chi connectivity index (χ0) is 12.7. The summed E-state index contributed by atoms with van der Waals surface area (Å²) in [5.74, 6) is 0.757. The molecule has 0 unspecified atom stereocenters. The van der Waals surface area contributed by atoms with E-state index in [0.29, 0.717) is 38.6 Å². The minimum absolute atomic E-state index is 0.268. The first kappa shape index (κ1) is 14.7. The van der Waals surface area contributed by atoms with Gasteiger partial charge in [-0.3, -0.25) is 0 Å². The van der Waals surface area contributed by atoms with E-state index in [4.69, 9.17) is 4.74 Å². The van der Waals surface area contributed by atoms with E-state index in [2.05, 4.69) is 6.58 Å². The monoisotopic (exact) mass is 261 g/mol. The van der Waals surface area contributed by atoms with E-state index in [0.717, 1.165) is 12.8 Å². The van der Waals surface area contributed by atoms with Crippen LogP contribution in [0.5, 0.6) is 0 Å². The van der Waals surface area contributed by atoms with Crippen LogP contribution in [-0.4, -0.2) is 44.8 Å². The Labute approximate surface area is 105 Å². The standard InChI is InChI=1S/C12H23NO3S/c1-3-9-16-11-12-5-7-13(8-6-12)17(14,15)10-4-2/h3,12H,1,4-11H2,2H3. The number of ether oxygens (including phenoxy) is 1. The van der Waals surface area contributed by atoms with Crippen molar-refractivity contribution in [3.05, 3.63) is 12.7 Å². The number of sulfonamides is 1. The number of hydrogen-bond donors (Lipinski definition) is 0. The van der Waals surface area contributed by atoms with Crippen molar-refractivity contribution >= 4 is 10.0 Å². The van der Waals surface area contributed by atoms with E-state index >= 15 is 0 Å². The van der Waals surface area contributed by atoms with Gasteiger partial charge in [-0.25, -0.2) is 12.7 Å². The Morgan fingerprint density at radius 1 is 1.41 bits per heavy atom. The molecule has 1 rings (SSSR count). The van der Waals surface area contributed by atoms with Crippen LogP contribution in [0.3, 0.4) is 0 Å². The lowest BCUT2D eigenvalue weighted by molar-refractivity contribution is 0.0982. The molecule has 4 nitrogen and oxygen atoms in total. The van der Waals surface area contributed by atoms with Crippen molar-refractivity contribution in [1.82, 2.24) is 4.31 Å². The van der Waals surface area contributed by atoms with E-state index in [9.17, 15) is 8.42 Å². The molecular formula is C12H23NO3S. The maximum absolute atomic E-state index is 11.8. The molecule has 0 amide bonds. The number of piperidine rings is 1. The molecule has 1 aliphatic heterocycles. The largest absolute Gasteiger partial charge is 0.377 e. The van der Waals surface area contributed by atoms with Gasteiger partial charge in [0.05, 0.1) is 12.4 Å². The Morgan fingerprint density at radius 3 is 2.59 bits per heavy atom. The molecule has 1 saturated heterocycles. The van der Waals surface area contributed by atoms with E-state index < -0.39 is 10.0 Å². The van der Waals surface area contributed by atoms with Crippen LogP contribution in [0.15, 0.2) is 12.7 Å². The Balaban J connectivity index is 2.32. The minimum Gasteiger partial charge on any atom is -0.377 e. The quantitative estimate of drug-likeness (QED) is 0.517. The molecule has 0 aromatic heterocycles. The summed E-state index contributed by atoms with van der Waals surface area (Å²) >= 11 is 0. The summed E-state index contributed by atoms with van der Waals surface area (Å²) in [5, 5.41) is 0. The third-order valence-corrected chi connectivity index (χ3v) is 5.09. The SMILES string of the molecule is C=CCOCC1CCN(S(=O)(=O)CCC)CC1. The van der Waals surface area contributed by atoms with Crippen molar-refractivity contribution < 1.29 is 13.2 Å². The zero-order valence-corrected chi connectivity index (χ0v) is 11.4. The second-order valence-corrected chi connectivity index (χ2v) is 6.57. The molecule has 0 saturated carbocycles. The summed E-state index contributed by atoms with van der Waals surface area (Å²) in [6.45, 7) is 8.07. The van der Waals surface area contributed by atoms with Crippen molar-refractivity contribution in [3.63, 3.8) is 0 Å². The Morgan fingerprint density at radius 2 is 2.06 bits per heavy atom. The second kappa shape index (κ2) is 7.13. The Bertz CT molecular complexity index is 319. The minimum atomic E-state index is -3.01. The van der Waals surface area contributed by atoms with Gasteiger partial charge in [-0.15, -0.1) is 6.58 Å². The van der Waals surface area contributed by atoms with E-state index in [1.54, 1.807) is 10.4 Å². The molecule has 1 aliphatic rings. The fourth-order valence-corrected chi connectivity index (χ4v) is 3.60. The van der Waals surface area contributed by atoms with Gasteiger partial charge in [0.25, 0.3) is 0 Å². The van der Waals surface area contributed by atoms with Gasteiger partial charge in [0.15, 0.2) is 0 Å². The summed E-state index contributed by atoms with van der Waals surface area (Å²) in [6.07, 6.45) is 4.23. The molecule has 1 heterocycles. The number of hydrogen-bond acceptors (Lipinski definition) is 3. The lowest BCUT2D eigenvalue weighted by Crippen LogP contribution is -2.40. The van der Waals surface area contributed by atoms with Crippen LogP contribution >= 0.6 is 0 Å². The highest BCUT2D eigenvalue weighted by Crippen LogP contribution is 2.20. The predicted molar refractivity (Wildman–Crippen MR) is 69.4 cm³/mol. The maximum Gasteiger partial charge on any atom is 0.214 e. The zero-order valence-electron chi connectivity index (χ0n) is 10.6. The molecule has 1 fully saturated rings. The van der Waals surface area contributed by atoms with Crippen molar-refractivity contribution in [2.45, 2.75) is 26.2 Å². The van der Waals surface area contributed by atoms with E-state index in [1.165, 1.54) is 0 Å². The Kier molecular flexibility index (Phi) is 6.16. The average Bonchev–Trinajstić information content (AvgIpc) is 2.30. The smallest absolute Gasteiger partial charge is 0.214 e. The van der Waals surface area contributed by atoms with Crippen molar-refractivity contribution in [3.8, 4) is 0 Å². The van der Waals surface area contributed by atoms with Gasteiger partial charge in [0, 0.05) is 19.7 Å². The first-order valence-electron chi connectivity index (χ1n) is 6.26. The topological polar surface area (TPSA) is 46.6 Å². The molecule has 0 N–H and O–H groups in total. The summed E-state index contributed by atoms with van der Waals surface area (Å²) in [5.41, 5.74) is 0. The molecular weight excluding hydrogens is 238 g/mol. The van der Waals surface area contributed by atoms with Crippen LogP contribution in [0.4, 0.5) is 0 Å². The van der Waals surface area contributed by atoms with E-state index in [1.807, 2.05) is 6.92 Å². The molecule has 0 atom stereocenters. The highest BCUT2D eigenvalue weighted by Gasteiger charge is 2.27. The van der Waals surface area contributed by atoms with Crippen molar-refractivity contribution in [1.29, 1.82) is 0 Å². The second-order valence-electron chi connectivity index (χ2n) is 4.48. The molecule has 0 radical (unpaired) electrons. The van der Waals surface area contributed by atoms with Gasteiger partial charge in [0.2, 0.25) is 10.0 Å². The third-order valence-electron chi connectivity index (χ3n) is 3.02. The maximum atomic E-state index is 11.8. The summed E-state index contributed by atoms with van der Waals surface area (Å²) < 4.78 is 30.7. The highest BCUT2D eigenvalue weighted by atomic mass is 32.2. The van der Waals surface area contributed by atoms with Gasteiger partial charge < -0.3 is 4.74 Å². The van der Waals surface area contributed by atoms with E-state index in [-0.39, 0.29) is 5.75 Å². The molecule has 100 valence electrons. The number of rotatable bonds is 7. The van der Waals surface area contributed by atoms with Gasteiger partial charge in [0.1, 0.15) is 0 Å². The highest BCUT2D eigenvalue weighted by molar-refractivity contribution is 7.89. The van der Waals surface area contributed by atoms with Crippen LogP contribution < -0.4 is 0 Å². The van der Waals surface area contributed by atoms with Gasteiger partial charge in [-0.1, -0.05) is 13.0 Å². The van der Waals surface area contributed by atoms with Gasteiger partial charge >= 0.3 is 0 Å². The van der Waals surface area contributed by atoms with Crippen LogP contribution in [0.25, 0.3) is 0 Å². The molecule has 5 heteroatoms. The van der Waals surface area contributed by atoms with Gasteiger partial charge in [-0.2, -0.15) is 0 Å². The third kappa shape index (κ3) is 4.77. The number of nitrogens with zero attached hydrogens (tertiary/aromatic N) is 1. The summed E-state index contributed by atoms with van der Waals surface area (Å²) in [4.78, 5) is 0. The lowest BCUT2D eigenvalue weighted by atomic mass is 9.99. The molecule has 0 bridgehead atoms. The molecule has 17 heavy (non-hydrogen) atoms. The Hall–Kier alpha value is -0.390. The lowest BCUT2D eigenvalue weighted by Gasteiger charge is -2.30.